The molecule has 3 atom stereocenters. The van der Waals surface area contributed by atoms with E-state index in [4.69, 9.17) is 4.74 Å². The van der Waals surface area contributed by atoms with E-state index in [2.05, 4.69) is 41.5 Å². The molecule has 0 radical (unpaired) electrons. The summed E-state index contributed by atoms with van der Waals surface area (Å²) in [7, 11) is 0. The summed E-state index contributed by atoms with van der Waals surface area (Å²) in [5.41, 5.74) is 0.198. The molecule has 0 aromatic heterocycles. The minimum Gasteiger partial charge on any atom is -0.390 e. The van der Waals surface area contributed by atoms with Gasteiger partial charge in [0.25, 0.3) is 0 Å². The summed E-state index contributed by atoms with van der Waals surface area (Å²) in [6, 6.07) is 0. The second-order valence-electron chi connectivity index (χ2n) is 7.21. The molecule has 2 heteroatoms. The zero-order chi connectivity index (χ0) is 13.3. The summed E-state index contributed by atoms with van der Waals surface area (Å²) in [5.74, 6) is 0.656. The molecule has 0 bridgehead atoms. The van der Waals surface area contributed by atoms with Gasteiger partial charge in [-0.2, -0.15) is 0 Å². The van der Waals surface area contributed by atoms with Gasteiger partial charge in [0.1, 0.15) is 0 Å². The Morgan fingerprint density at radius 3 is 2.18 bits per heavy atom. The molecule has 1 aliphatic carbocycles. The van der Waals surface area contributed by atoms with Gasteiger partial charge in [0.05, 0.1) is 17.8 Å². The first-order valence-electron chi connectivity index (χ1n) is 7.01. The molecule has 0 saturated heterocycles. The van der Waals surface area contributed by atoms with Crippen molar-refractivity contribution < 1.29 is 9.84 Å². The van der Waals surface area contributed by atoms with E-state index in [1.807, 2.05) is 0 Å². The Kier molecular flexibility index (Phi) is 4.65. The van der Waals surface area contributed by atoms with E-state index >= 15 is 0 Å². The zero-order valence-corrected chi connectivity index (χ0v) is 12.4. The summed E-state index contributed by atoms with van der Waals surface area (Å²) in [6.45, 7) is 13.2. The van der Waals surface area contributed by atoms with E-state index in [9.17, 15) is 5.11 Å². The molecule has 0 amide bonds. The van der Waals surface area contributed by atoms with Crippen molar-refractivity contribution in [1.82, 2.24) is 0 Å². The number of ether oxygens (including phenoxy) is 1. The standard InChI is InChI=1S/C15H30O2/c1-7-15(5,6)17-13-10-11(14(2,3)4)8-9-12(13)16/h11-13,16H,7-10H2,1-6H3. The highest BCUT2D eigenvalue weighted by Crippen LogP contribution is 2.40. The Morgan fingerprint density at radius 2 is 1.71 bits per heavy atom. The first kappa shape index (κ1) is 15.0. The first-order valence-corrected chi connectivity index (χ1v) is 7.01. The highest BCUT2D eigenvalue weighted by atomic mass is 16.5. The van der Waals surface area contributed by atoms with E-state index in [1.54, 1.807) is 0 Å². The van der Waals surface area contributed by atoms with Gasteiger partial charge in [-0.05, 0) is 50.9 Å². The van der Waals surface area contributed by atoms with Gasteiger partial charge in [0.15, 0.2) is 0 Å². The maximum Gasteiger partial charge on any atom is 0.0844 e. The van der Waals surface area contributed by atoms with Gasteiger partial charge in [-0.15, -0.1) is 0 Å². The largest absolute Gasteiger partial charge is 0.390 e. The van der Waals surface area contributed by atoms with E-state index in [0.29, 0.717) is 11.3 Å². The van der Waals surface area contributed by atoms with Gasteiger partial charge in [-0.25, -0.2) is 0 Å². The maximum absolute atomic E-state index is 10.1. The molecule has 0 aliphatic heterocycles. The van der Waals surface area contributed by atoms with Gasteiger partial charge in [-0.1, -0.05) is 27.7 Å². The number of hydrogen-bond donors (Lipinski definition) is 1. The predicted molar refractivity (Wildman–Crippen MR) is 72.0 cm³/mol. The second-order valence-corrected chi connectivity index (χ2v) is 7.21. The van der Waals surface area contributed by atoms with Crippen molar-refractivity contribution in [2.45, 2.75) is 85.0 Å². The van der Waals surface area contributed by atoms with Crippen LogP contribution in [0.25, 0.3) is 0 Å². The lowest BCUT2D eigenvalue weighted by Crippen LogP contribution is -2.43. The summed E-state index contributed by atoms with van der Waals surface area (Å²) in [4.78, 5) is 0. The van der Waals surface area contributed by atoms with Crippen molar-refractivity contribution >= 4 is 0 Å². The minimum atomic E-state index is -0.278. The van der Waals surface area contributed by atoms with Crippen molar-refractivity contribution in [3.8, 4) is 0 Å². The Labute approximate surface area is 107 Å². The molecule has 17 heavy (non-hydrogen) atoms. The van der Waals surface area contributed by atoms with Crippen molar-refractivity contribution in [2.75, 3.05) is 0 Å². The molecule has 1 fully saturated rings. The molecule has 1 rings (SSSR count). The molecule has 0 spiro atoms. The first-order chi connectivity index (χ1) is 7.65. The molecule has 1 aliphatic rings. The molecule has 0 aromatic carbocycles. The molecule has 102 valence electrons. The van der Waals surface area contributed by atoms with E-state index < -0.39 is 0 Å². The van der Waals surface area contributed by atoms with Crippen LogP contribution in [-0.2, 0) is 4.74 Å². The molecular weight excluding hydrogens is 212 g/mol. The van der Waals surface area contributed by atoms with Crippen LogP contribution in [0.5, 0.6) is 0 Å². The fraction of sp³-hybridized carbons (Fsp3) is 1.00. The van der Waals surface area contributed by atoms with Crippen LogP contribution in [0.15, 0.2) is 0 Å². The van der Waals surface area contributed by atoms with Crippen molar-refractivity contribution in [3.63, 3.8) is 0 Å². The second kappa shape index (κ2) is 5.27. The molecule has 1 saturated carbocycles. The molecule has 3 unspecified atom stereocenters. The Morgan fingerprint density at radius 1 is 1.12 bits per heavy atom. The van der Waals surface area contributed by atoms with Gasteiger partial charge >= 0.3 is 0 Å². The summed E-state index contributed by atoms with van der Waals surface area (Å²) in [6.07, 6.45) is 3.72. The SMILES string of the molecule is CCC(C)(C)OC1CC(C(C)(C)C)CCC1O. The number of hydrogen-bond acceptors (Lipinski definition) is 2. The van der Waals surface area contributed by atoms with Crippen LogP contribution in [0, 0.1) is 11.3 Å². The van der Waals surface area contributed by atoms with Crippen LogP contribution >= 0.6 is 0 Å². The highest BCUT2D eigenvalue weighted by Gasteiger charge is 2.37. The predicted octanol–water partition coefficient (Wildman–Crippen LogP) is 3.77. The third-order valence-electron chi connectivity index (χ3n) is 4.30. The molecule has 1 N–H and O–H groups in total. The fourth-order valence-electron chi connectivity index (χ4n) is 2.52. The summed E-state index contributed by atoms with van der Waals surface area (Å²) < 4.78 is 6.12. The number of rotatable bonds is 3. The maximum atomic E-state index is 10.1. The van der Waals surface area contributed by atoms with Gasteiger partial charge < -0.3 is 9.84 Å². The smallest absolute Gasteiger partial charge is 0.0844 e. The van der Waals surface area contributed by atoms with Crippen molar-refractivity contribution in [2.24, 2.45) is 11.3 Å². The lowest BCUT2D eigenvalue weighted by Gasteiger charge is -2.42. The van der Waals surface area contributed by atoms with Gasteiger partial charge in [-0.3, -0.25) is 0 Å². The van der Waals surface area contributed by atoms with E-state index in [-0.39, 0.29) is 17.8 Å². The third-order valence-corrected chi connectivity index (χ3v) is 4.30. The Bertz CT molecular complexity index is 240. The molecular formula is C15H30O2. The van der Waals surface area contributed by atoms with Crippen molar-refractivity contribution in [1.29, 1.82) is 0 Å². The van der Waals surface area contributed by atoms with Gasteiger partial charge in [0.2, 0.25) is 0 Å². The summed E-state index contributed by atoms with van der Waals surface area (Å²) in [5, 5.41) is 10.1. The normalized spacial score (nSPS) is 31.6. The van der Waals surface area contributed by atoms with Crippen LogP contribution in [0.4, 0.5) is 0 Å². The topological polar surface area (TPSA) is 29.5 Å². The molecule has 0 aromatic rings. The average Bonchev–Trinajstić information content (AvgIpc) is 2.19. The van der Waals surface area contributed by atoms with Crippen molar-refractivity contribution in [3.05, 3.63) is 0 Å². The van der Waals surface area contributed by atoms with Crippen LogP contribution in [0.1, 0.15) is 67.2 Å². The molecule has 0 heterocycles. The lowest BCUT2D eigenvalue weighted by atomic mass is 9.71. The minimum absolute atomic E-state index is 0.0166. The van der Waals surface area contributed by atoms with Crippen LogP contribution in [0.2, 0.25) is 0 Å². The summed E-state index contributed by atoms with van der Waals surface area (Å²) >= 11 is 0. The third kappa shape index (κ3) is 4.26. The number of aliphatic hydroxyl groups is 1. The molecule has 2 nitrogen and oxygen atoms in total. The van der Waals surface area contributed by atoms with Crippen LogP contribution in [0.3, 0.4) is 0 Å². The van der Waals surface area contributed by atoms with Crippen LogP contribution in [-0.4, -0.2) is 22.9 Å². The Hall–Kier alpha value is -0.0800. The zero-order valence-electron chi connectivity index (χ0n) is 12.4. The van der Waals surface area contributed by atoms with Crippen LogP contribution < -0.4 is 0 Å². The Balaban J connectivity index is 2.64. The number of aliphatic hydroxyl groups excluding tert-OH is 1. The van der Waals surface area contributed by atoms with E-state index in [1.165, 1.54) is 0 Å². The average molecular weight is 242 g/mol. The van der Waals surface area contributed by atoms with Gasteiger partial charge in [0, 0.05) is 0 Å². The highest BCUT2D eigenvalue weighted by molar-refractivity contribution is 4.87. The van der Waals surface area contributed by atoms with E-state index in [0.717, 1.165) is 25.7 Å². The quantitative estimate of drug-likeness (QED) is 0.816. The monoisotopic (exact) mass is 242 g/mol. The lowest BCUT2D eigenvalue weighted by molar-refractivity contribution is -0.147. The fourth-order valence-corrected chi connectivity index (χ4v) is 2.52.